The Morgan fingerprint density at radius 3 is 2.82 bits per heavy atom. The second-order valence-electron chi connectivity index (χ2n) is 5.56. The Morgan fingerprint density at radius 2 is 2.24 bits per heavy atom. The van der Waals surface area contributed by atoms with Crippen molar-refractivity contribution in [3.05, 3.63) is 0 Å². The number of nitrogens with zero attached hydrogens (tertiary/aromatic N) is 2. The van der Waals surface area contributed by atoms with Crippen LogP contribution >= 0.6 is 0 Å². The Kier molecular flexibility index (Phi) is 3.40. The highest BCUT2D eigenvalue weighted by molar-refractivity contribution is 5.73. The molecule has 2 fully saturated rings. The fourth-order valence-electron chi connectivity index (χ4n) is 2.55. The van der Waals surface area contributed by atoms with Crippen LogP contribution in [0.15, 0.2) is 0 Å². The average Bonchev–Trinajstić information content (AvgIpc) is 2.56. The predicted octanol–water partition coefficient (Wildman–Crippen LogP) is -1.04. The molecule has 0 aliphatic carbocycles. The van der Waals surface area contributed by atoms with E-state index in [-0.39, 0.29) is 0 Å². The monoisotopic (exact) mass is 243 g/mol. The van der Waals surface area contributed by atoms with Crippen molar-refractivity contribution in [2.45, 2.75) is 26.2 Å². The van der Waals surface area contributed by atoms with E-state index in [1.807, 2.05) is 9.80 Å². The zero-order valence-electron chi connectivity index (χ0n) is 10.4. The number of aliphatic hydroxyl groups excluding tert-OH is 1. The molecule has 6 heteroatoms. The van der Waals surface area contributed by atoms with Crippen molar-refractivity contribution in [1.82, 2.24) is 15.1 Å². The summed E-state index contributed by atoms with van der Waals surface area (Å²) in [4.78, 5) is 15.0. The highest BCUT2D eigenvalue weighted by atomic mass is 16.4. The number of aliphatic hydroxyl groups is 1. The van der Waals surface area contributed by atoms with Gasteiger partial charge in [0.2, 0.25) is 0 Å². The van der Waals surface area contributed by atoms with Crippen LogP contribution in [0.3, 0.4) is 0 Å². The first-order valence-corrected chi connectivity index (χ1v) is 6.04. The van der Waals surface area contributed by atoms with Gasteiger partial charge in [-0.2, -0.15) is 0 Å². The van der Waals surface area contributed by atoms with Gasteiger partial charge in [-0.05, 0) is 13.8 Å². The first-order valence-electron chi connectivity index (χ1n) is 6.04. The fraction of sp³-hybridized carbons (Fsp3) is 0.909. The van der Waals surface area contributed by atoms with E-state index < -0.39 is 17.7 Å². The zero-order chi connectivity index (χ0) is 12.6. The number of nitrogens with one attached hydrogen (secondary N) is 1. The molecule has 2 rings (SSSR count). The number of carboxylic acid groups (broad SMARTS) is 1. The predicted molar refractivity (Wildman–Crippen MR) is 62.4 cm³/mol. The molecule has 2 aliphatic rings. The summed E-state index contributed by atoms with van der Waals surface area (Å²) in [6.45, 7) is 7.04. The summed E-state index contributed by atoms with van der Waals surface area (Å²) in [5.74, 6) is -0.826. The molecule has 0 radical (unpaired) electrons. The molecule has 0 bridgehead atoms. The number of aliphatic carboxylic acids is 1. The lowest BCUT2D eigenvalue weighted by molar-refractivity contribution is -0.150. The summed E-state index contributed by atoms with van der Waals surface area (Å²) in [7, 11) is 0. The van der Waals surface area contributed by atoms with Crippen LogP contribution < -0.4 is 5.32 Å². The van der Waals surface area contributed by atoms with Gasteiger partial charge in [0.05, 0.1) is 5.41 Å². The van der Waals surface area contributed by atoms with Crippen molar-refractivity contribution in [2.75, 3.05) is 32.7 Å². The van der Waals surface area contributed by atoms with E-state index >= 15 is 0 Å². The average molecular weight is 243 g/mol. The highest BCUT2D eigenvalue weighted by Crippen LogP contribution is 2.25. The second-order valence-corrected chi connectivity index (χ2v) is 5.56. The van der Waals surface area contributed by atoms with Crippen LogP contribution in [0.25, 0.3) is 0 Å². The molecule has 98 valence electrons. The number of piperazine rings is 1. The van der Waals surface area contributed by atoms with E-state index in [1.54, 1.807) is 13.8 Å². The van der Waals surface area contributed by atoms with Gasteiger partial charge in [0.25, 0.3) is 0 Å². The molecular weight excluding hydrogens is 222 g/mol. The number of fused-ring (bicyclic) bond motifs is 1. The van der Waals surface area contributed by atoms with Crippen molar-refractivity contribution in [1.29, 1.82) is 0 Å². The normalized spacial score (nSPS) is 31.5. The maximum Gasteiger partial charge on any atom is 0.310 e. The van der Waals surface area contributed by atoms with Crippen molar-refractivity contribution in [3.63, 3.8) is 0 Å². The lowest BCUT2D eigenvalue weighted by atomic mass is 9.93. The van der Waals surface area contributed by atoms with Crippen molar-refractivity contribution in [2.24, 2.45) is 5.41 Å². The van der Waals surface area contributed by atoms with Gasteiger partial charge in [0.1, 0.15) is 0 Å². The quantitative estimate of drug-likeness (QED) is 0.588. The summed E-state index contributed by atoms with van der Waals surface area (Å²) >= 11 is 0. The molecule has 0 aromatic rings. The first kappa shape index (κ1) is 12.8. The maximum atomic E-state index is 11.1. The van der Waals surface area contributed by atoms with Crippen LogP contribution in [0.5, 0.6) is 0 Å². The summed E-state index contributed by atoms with van der Waals surface area (Å²) < 4.78 is 0. The van der Waals surface area contributed by atoms with Crippen LogP contribution in [-0.2, 0) is 4.79 Å². The third-order valence-electron chi connectivity index (χ3n) is 3.64. The standard InChI is InChI=1S/C11H21N3O3/c1-11(2,9(15)16)7-13-6-8-5-12-3-4-14(8)10(13)17/h8,10,12,17H,3-7H2,1-2H3,(H,15,16)/t8-,10?/m0/s1. The Morgan fingerprint density at radius 1 is 1.53 bits per heavy atom. The van der Waals surface area contributed by atoms with Crippen LogP contribution in [0, 0.1) is 5.41 Å². The Hall–Kier alpha value is -0.690. The minimum absolute atomic E-state index is 0.295. The molecule has 0 saturated carbocycles. The van der Waals surface area contributed by atoms with E-state index in [9.17, 15) is 9.90 Å². The lowest BCUT2D eigenvalue weighted by Crippen LogP contribution is -2.52. The van der Waals surface area contributed by atoms with E-state index in [4.69, 9.17) is 5.11 Å². The van der Waals surface area contributed by atoms with Gasteiger partial charge >= 0.3 is 5.97 Å². The molecule has 0 spiro atoms. The minimum Gasteiger partial charge on any atom is -0.481 e. The van der Waals surface area contributed by atoms with Gasteiger partial charge in [-0.3, -0.25) is 14.6 Å². The Balaban J connectivity index is 2.01. The third-order valence-corrected chi connectivity index (χ3v) is 3.64. The molecular formula is C11H21N3O3. The van der Waals surface area contributed by atoms with Crippen LogP contribution in [-0.4, -0.2) is 71.1 Å². The van der Waals surface area contributed by atoms with Gasteiger partial charge in [-0.25, -0.2) is 0 Å². The number of hydrogen-bond acceptors (Lipinski definition) is 5. The molecule has 17 heavy (non-hydrogen) atoms. The summed E-state index contributed by atoms with van der Waals surface area (Å²) in [6.07, 6.45) is -0.638. The number of carbonyl (C=O) groups is 1. The lowest BCUT2D eigenvalue weighted by Gasteiger charge is -2.32. The first-order chi connectivity index (χ1) is 7.92. The van der Waals surface area contributed by atoms with Gasteiger partial charge in [-0.15, -0.1) is 0 Å². The van der Waals surface area contributed by atoms with E-state index in [1.165, 1.54) is 0 Å². The molecule has 2 heterocycles. The van der Waals surface area contributed by atoms with E-state index in [2.05, 4.69) is 5.32 Å². The van der Waals surface area contributed by atoms with Crippen molar-refractivity contribution >= 4 is 5.97 Å². The van der Waals surface area contributed by atoms with Crippen LogP contribution in [0.4, 0.5) is 0 Å². The second kappa shape index (κ2) is 4.53. The van der Waals surface area contributed by atoms with Gasteiger partial charge in [0.15, 0.2) is 6.35 Å². The smallest absolute Gasteiger partial charge is 0.310 e. The van der Waals surface area contributed by atoms with E-state index in [0.717, 1.165) is 26.2 Å². The Labute approximate surface area is 101 Å². The molecule has 0 amide bonds. The molecule has 3 N–H and O–H groups in total. The molecule has 0 aromatic heterocycles. The molecule has 2 saturated heterocycles. The Bertz CT molecular complexity index is 308. The third kappa shape index (κ3) is 2.44. The molecule has 2 atom stereocenters. The topological polar surface area (TPSA) is 76.0 Å². The fourth-order valence-corrected chi connectivity index (χ4v) is 2.55. The number of rotatable bonds is 3. The van der Waals surface area contributed by atoms with Crippen molar-refractivity contribution < 1.29 is 15.0 Å². The van der Waals surface area contributed by atoms with Gasteiger partial charge in [-0.1, -0.05) is 0 Å². The SMILES string of the molecule is CC(C)(CN1C[C@@H]2CNCCN2C1O)C(=O)O. The highest BCUT2D eigenvalue weighted by Gasteiger charge is 2.42. The van der Waals surface area contributed by atoms with Gasteiger partial charge < -0.3 is 15.5 Å². The summed E-state index contributed by atoms with van der Waals surface area (Å²) in [5.41, 5.74) is -0.830. The zero-order valence-corrected chi connectivity index (χ0v) is 10.4. The molecule has 6 nitrogen and oxygen atoms in total. The maximum absolute atomic E-state index is 11.1. The summed E-state index contributed by atoms with van der Waals surface area (Å²) in [6, 6.07) is 0.295. The molecule has 1 unspecified atom stereocenters. The van der Waals surface area contributed by atoms with E-state index in [0.29, 0.717) is 12.6 Å². The largest absolute Gasteiger partial charge is 0.481 e. The minimum atomic E-state index is -0.830. The van der Waals surface area contributed by atoms with Gasteiger partial charge in [0, 0.05) is 38.8 Å². The van der Waals surface area contributed by atoms with Crippen LogP contribution in [0.2, 0.25) is 0 Å². The summed E-state index contributed by atoms with van der Waals surface area (Å²) in [5, 5.41) is 22.6. The van der Waals surface area contributed by atoms with Crippen molar-refractivity contribution in [3.8, 4) is 0 Å². The molecule has 0 aromatic carbocycles. The number of hydrogen-bond donors (Lipinski definition) is 3. The molecule has 2 aliphatic heterocycles. The number of carboxylic acids is 1. The van der Waals surface area contributed by atoms with Crippen LogP contribution in [0.1, 0.15) is 13.8 Å².